The van der Waals surface area contributed by atoms with Crippen molar-refractivity contribution in [3.8, 4) is 0 Å². The average Bonchev–Trinajstić information content (AvgIpc) is 2.04. The lowest BCUT2D eigenvalue weighted by molar-refractivity contribution is -0.139. The Labute approximate surface area is 66.5 Å². The summed E-state index contributed by atoms with van der Waals surface area (Å²) < 4.78 is 4.38. The minimum absolute atomic E-state index is 0.160. The molecule has 1 atom stereocenters. The van der Waals surface area contributed by atoms with Crippen molar-refractivity contribution in [3.63, 3.8) is 0 Å². The molecule has 4 nitrogen and oxygen atoms in total. The van der Waals surface area contributed by atoms with Gasteiger partial charge in [-0.15, -0.1) is 0 Å². The highest BCUT2D eigenvalue weighted by atomic mass is 16.5. The summed E-state index contributed by atoms with van der Waals surface area (Å²) in [4.78, 5) is 10.5. The van der Waals surface area contributed by atoms with Gasteiger partial charge in [-0.1, -0.05) is 6.92 Å². The van der Waals surface area contributed by atoms with Crippen LogP contribution in [-0.4, -0.2) is 37.4 Å². The maximum Gasteiger partial charge on any atom is 0.319 e. The Kier molecular flexibility index (Phi) is 5.78. The van der Waals surface area contributed by atoms with Crippen LogP contribution in [0.15, 0.2) is 0 Å². The minimum Gasteiger partial charge on any atom is -0.468 e. The van der Waals surface area contributed by atoms with E-state index in [2.05, 4.69) is 10.1 Å². The van der Waals surface area contributed by atoms with Gasteiger partial charge in [0.2, 0.25) is 0 Å². The van der Waals surface area contributed by atoms with Gasteiger partial charge in [0.15, 0.2) is 0 Å². The molecule has 0 spiro atoms. The largest absolute Gasteiger partial charge is 0.468 e. The summed E-state index contributed by atoms with van der Waals surface area (Å²) in [5, 5.41) is 11.8. The third kappa shape index (κ3) is 5.82. The molecule has 0 aliphatic carbocycles. The lowest BCUT2D eigenvalue weighted by Crippen LogP contribution is -2.31. The Bertz CT molecular complexity index is 116. The SMILES string of the molecule is CCC(O)CNCC(=O)OC. The van der Waals surface area contributed by atoms with Gasteiger partial charge < -0.3 is 15.2 Å². The van der Waals surface area contributed by atoms with Crippen molar-refractivity contribution in [1.29, 1.82) is 0 Å². The molecule has 66 valence electrons. The molecule has 4 heteroatoms. The van der Waals surface area contributed by atoms with E-state index in [-0.39, 0.29) is 18.6 Å². The summed E-state index contributed by atoms with van der Waals surface area (Å²) >= 11 is 0. The summed E-state index contributed by atoms with van der Waals surface area (Å²) in [6, 6.07) is 0. The zero-order valence-corrected chi connectivity index (χ0v) is 6.96. The van der Waals surface area contributed by atoms with Crippen LogP contribution in [0.4, 0.5) is 0 Å². The zero-order chi connectivity index (χ0) is 8.69. The quantitative estimate of drug-likeness (QED) is 0.535. The smallest absolute Gasteiger partial charge is 0.319 e. The number of esters is 1. The number of methoxy groups -OCH3 is 1. The molecule has 0 saturated carbocycles. The van der Waals surface area contributed by atoms with Crippen LogP contribution in [-0.2, 0) is 9.53 Å². The van der Waals surface area contributed by atoms with Crippen molar-refractivity contribution in [3.05, 3.63) is 0 Å². The van der Waals surface area contributed by atoms with Gasteiger partial charge in [-0.25, -0.2) is 0 Å². The second-order valence-corrected chi connectivity index (χ2v) is 2.27. The van der Waals surface area contributed by atoms with E-state index in [9.17, 15) is 4.79 Å². The van der Waals surface area contributed by atoms with Crippen LogP contribution in [0, 0.1) is 0 Å². The number of nitrogens with one attached hydrogen (secondary N) is 1. The van der Waals surface area contributed by atoms with Crippen LogP contribution >= 0.6 is 0 Å². The van der Waals surface area contributed by atoms with Gasteiger partial charge in [-0.3, -0.25) is 4.79 Å². The normalized spacial score (nSPS) is 12.6. The predicted molar refractivity (Wildman–Crippen MR) is 41.2 cm³/mol. The van der Waals surface area contributed by atoms with E-state index in [0.29, 0.717) is 13.0 Å². The van der Waals surface area contributed by atoms with E-state index in [0.717, 1.165) is 0 Å². The van der Waals surface area contributed by atoms with E-state index in [4.69, 9.17) is 5.11 Å². The number of aliphatic hydroxyl groups is 1. The molecule has 0 aromatic carbocycles. The molecule has 2 N–H and O–H groups in total. The number of hydrogen-bond donors (Lipinski definition) is 2. The number of hydrogen-bond acceptors (Lipinski definition) is 4. The molecule has 1 unspecified atom stereocenters. The highest BCUT2D eigenvalue weighted by Crippen LogP contribution is 1.85. The summed E-state index contributed by atoms with van der Waals surface area (Å²) in [5.41, 5.74) is 0. The van der Waals surface area contributed by atoms with Gasteiger partial charge in [0.25, 0.3) is 0 Å². The predicted octanol–water partition coefficient (Wildman–Crippen LogP) is -0.480. The second-order valence-electron chi connectivity index (χ2n) is 2.27. The maximum atomic E-state index is 10.5. The summed E-state index contributed by atoms with van der Waals surface area (Å²) in [5.74, 6) is -0.312. The third-order valence-corrected chi connectivity index (χ3v) is 1.35. The van der Waals surface area contributed by atoms with E-state index in [1.54, 1.807) is 0 Å². The van der Waals surface area contributed by atoms with E-state index >= 15 is 0 Å². The Morgan fingerprint density at radius 3 is 2.82 bits per heavy atom. The van der Waals surface area contributed by atoms with Crippen LogP contribution in [0.1, 0.15) is 13.3 Å². The van der Waals surface area contributed by atoms with Crippen LogP contribution < -0.4 is 5.32 Å². The van der Waals surface area contributed by atoms with Crippen LogP contribution in [0.3, 0.4) is 0 Å². The fraction of sp³-hybridized carbons (Fsp3) is 0.857. The number of rotatable bonds is 5. The van der Waals surface area contributed by atoms with Crippen molar-refractivity contribution < 1.29 is 14.6 Å². The molecular formula is C7H15NO3. The number of aliphatic hydroxyl groups excluding tert-OH is 1. The average molecular weight is 161 g/mol. The molecule has 0 radical (unpaired) electrons. The first-order valence-electron chi connectivity index (χ1n) is 3.66. The molecule has 0 fully saturated rings. The molecule has 0 aromatic rings. The van der Waals surface area contributed by atoms with Gasteiger partial charge in [-0.2, -0.15) is 0 Å². The summed E-state index contributed by atoms with van der Waals surface area (Å²) in [6.45, 7) is 2.48. The fourth-order valence-corrected chi connectivity index (χ4v) is 0.557. The third-order valence-electron chi connectivity index (χ3n) is 1.35. The number of carbonyl (C=O) groups excluding carboxylic acids is 1. The van der Waals surface area contributed by atoms with Crippen molar-refractivity contribution in [1.82, 2.24) is 5.32 Å². The highest BCUT2D eigenvalue weighted by molar-refractivity contribution is 5.71. The minimum atomic E-state index is -0.375. The molecule has 11 heavy (non-hydrogen) atoms. The van der Waals surface area contributed by atoms with Crippen LogP contribution in [0.2, 0.25) is 0 Å². The van der Waals surface area contributed by atoms with E-state index in [1.807, 2.05) is 6.92 Å². The molecule has 0 amide bonds. The first-order valence-corrected chi connectivity index (χ1v) is 3.66. The van der Waals surface area contributed by atoms with E-state index < -0.39 is 0 Å². The Balaban J connectivity index is 3.20. The lowest BCUT2D eigenvalue weighted by atomic mass is 10.3. The summed E-state index contributed by atoms with van der Waals surface area (Å²) in [7, 11) is 1.33. The highest BCUT2D eigenvalue weighted by Gasteiger charge is 2.02. The van der Waals surface area contributed by atoms with Crippen molar-refractivity contribution in [2.75, 3.05) is 20.2 Å². The molecule has 0 aliphatic heterocycles. The molecule has 0 aromatic heterocycles. The standard InChI is InChI=1S/C7H15NO3/c1-3-6(9)4-8-5-7(10)11-2/h6,8-9H,3-5H2,1-2H3. The Morgan fingerprint density at radius 2 is 2.36 bits per heavy atom. The Morgan fingerprint density at radius 1 is 1.73 bits per heavy atom. The second kappa shape index (κ2) is 6.12. The van der Waals surface area contributed by atoms with E-state index in [1.165, 1.54) is 7.11 Å². The molecule has 0 rings (SSSR count). The molecule has 0 saturated heterocycles. The first kappa shape index (κ1) is 10.4. The van der Waals surface area contributed by atoms with Crippen molar-refractivity contribution in [2.45, 2.75) is 19.4 Å². The topological polar surface area (TPSA) is 58.6 Å². The molecule has 0 aliphatic rings. The van der Waals surface area contributed by atoms with Gasteiger partial charge in [0, 0.05) is 6.54 Å². The first-order chi connectivity index (χ1) is 5.20. The van der Waals surface area contributed by atoms with Crippen LogP contribution in [0.25, 0.3) is 0 Å². The monoisotopic (exact) mass is 161 g/mol. The summed E-state index contributed by atoms with van der Waals surface area (Å²) in [6.07, 6.45) is 0.313. The zero-order valence-electron chi connectivity index (χ0n) is 6.96. The van der Waals surface area contributed by atoms with Gasteiger partial charge in [0.05, 0.1) is 19.8 Å². The molecular weight excluding hydrogens is 146 g/mol. The van der Waals surface area contributed by atoms with Crippen LogP contribution in [0.5, 0.6) is 0 Å². The lowest BCUT2D eigenvalue weighted by Gasteiger charge is -2.07. The molecule has 0 heterocycles. The number of ether oxygens (including phenoxy) is 1. The fourth-order valence-electron chi connectivity index (χ4n) is 0.557. The van der Waals surface area contributed by atoms with Gasteiger partial charge in [-0.05, 0) is 6.42 Å². The Hall–Kier alpha value is -0.610. The maximum absolute atomic E-state index is 10.5. The van der Waals surface area contributed by atoms with Crippen molar-refractivity contribution >= 4 is 5.97 Å². The van der Waals surface area contributed by atoms with Gasteiger partial charge >= 0.3 is 5.97 Å². The number of carbonyl (C=O) groups is 1. The molecule has 0 bridgehead atoms. The van der Waals surface area contributed by atoms with Gasteiger partial charge in [0.1, 0.15) is 0 Å². The van der Waals surface area contributed by atoms with Crippen molar-refractivity contribution in [2.24, 2.45) is 0 Å².